The van der Waals surface area contributed by atoms with Crippen LogP contribution in [0.5, 0.6) is 0 Å². The van der Waals surface area contributed by atoms with Crippen LogP contribution in [0.25, 0.3) is 10.8 Å². The van der Waals surface area contributed by atoms with Crippen molar-refractivity contribution in [3.05, 3.63) is 52.3 Å². The molecular formula is C15H15N3S. The molecule has 0 amide bonds. The molecule has 1 aromatic carbocycles. The largest absolute Gasteiger partial charge is 0.368 e. The van der Waals surface area contributed by atoms with Crippen molar-refractivity contribution in [2.75, 3.05) is 11.9 Å². The van der Waals surface area contributed by atoms with Gasteiger partial charge in [0.1, 0.15) is 0 Å². The van der Waals surface area contributed by atoms with Crippen LogP contribution in [-0.2, 0) is 6.42 Å². The van der Waals surface area contributed by atoms with Crippen molar-refractivity contribution >= 4 is 27.9 Å². The van der Waals surface area contributed by atoms with Gasteiger partial charge in [0.2, 0.25) is 0 Å². The molecule has 0 fully saturated rings. The van der Waals surface area contributed by atoms with Crippen molar-refractivity contribution in [2.24, 2.45) is 0 Å². The number of nitrogens with zero attached hydrogens (tertiary/aromatic N) is 2. The lowest BCUT2D eigenvalue weighted by atomic mass is 10.1. The summed E-state index contributed by atoms with van der Waals surface area (Å²) >= 11 is 1.79. The second-order valence-corrected chi connectivity index (χ2v) is 5.47. The molecule has 3 aromatic rings. The number of thiophene rings is 1. The molecule has 0 spiro atoms. The lowest BCUT2D eigenvalue weighted by Crippen LogP contribution is -2.07. The van der Waals surface area contributed by atoms with Gasteiger partial charge in [-0.3, -0.25) is 0 Å². The van der Waals surface area contributed by atoms with Gasteiger partial charge in [-0.05, 0) is 24.8 Å². The van der Waals surface area contributed by atoms with Crippen LogP contribution in [0.3, 0.4) is 0 Å². The predicted molar refractivity (Wildman–Crippen MR) is 80.8 cm³/mol. The van der Waals surface area contributed by atoms with E-state index in [4.69, 9.17) is 0 Å². The van der Waals surface area contributed by atoms with Gasteiger partial charge in [0.05, 0.1) is 5.69 Å². The zero-order chi connectivity index (χ0) is 13.1. The minimum absolute atomic E-state index is 0.873. The van der Waals surface area contributed by atoms with Crippen molar-refractivity contribution in [1.29, 1.82) is 0 Å². The first-order valence-electron chi connectivity index (χ1n) is 6.33. The number of rotatable bonds is 4. The standard InChI is InChI=1S/C15H15N3S/c1-11-13-6-2-3-7-14(13)15(18-17-11)16-9-8-12-5-4-10-19-12/h2-7,10H,8-9H2,1H3,(H,16,18). The monoisotopic (exact) mass is 269 g/mol. The molecular weight excluding hydrogens is 254 g/mol. The number of aromatic nitrogens is 2. The number of anilines is 1. The van der Waals surface area contributed by atoms with Gasteiger partial charge >= 0.3 is 0 Å². The van der Waals surface area contributed by atoms with E-state index < -0.39 is 0 Å². The Bertz CT molecular complexity index is 677. The molecule has 0 atom stereocenters. The Morgan fingerprint density at radius 2 is 1.89 bits per heavy atom. The van der Waals surface area contributed by atoms with Crippen LogP contribution in [0.15, 0.2) is 41.8 Å². The third-order valence-electron chi connectivity index (χ3n) is 3.12. The summed E-state index contributed by atoms with van der Waals surface area (Å²) in [6.45, 7) is 2.87. The van der Waals surface area contributed by atoms with Crippen molar-refractivity contribution in [3.63, 3.8) is 0 Å². The van der Waals surface area contributed by atoms with Gasteiger partial charge in [0.25, 0.3) is 0 Å². The number of nitrogens with one attached hydrogen (secondary N) is 1. The molecule has 0 saturated carbocycles. The number of aryl methyl sites for hydroxylation is 1. The molecule has 0 bridgehead atoms. The molecule has 0 aliphatic rings. The lowest BCUT2D eigenvalue weighted by molar-refractivity contribution is 0.967. The summed E-state index contributed by atoms with van der Waals surface area (Å²) < 4.78 is 0. The normalized spacial score (nSPS) is 10.8. The van der Waals surface area contributed by atoms with Gasteiger partial charge < -0.3 is 5.32 Å². The van der Waals surface area contributed by atoms with E-state index in [0.717, 1.165) is 35.2 Å². The van der Waals surface area contributed by atoms with Crippen LogP contribution in [0, 0.1) is 6.92 Å². The third kappa shape index (κ3) is 2.58. The summed E-state index contributed by atoms with van der Waals surface area (Å²) in [5, 5.41) is 16.3. The Morgan fingerprint density at radius 3 is 2.68 bits per heavy atom. The molecule has 96 valence electrons. The molecule has 2 heterocycles. The molecule has 3 rings (SSSR count). The van der Waals surface area contributed by atoms with Gasteiger partial charge in [0.15, 0.2) is 5.82 Å². The van der Waals surface area contributed by atoms with Crippen molar-refractivity contribution in [2.45, 2.75) is 13.3 Å². The first-order chi connectivity index (χ1) is 9.34. The predicted octanol–water partition coefficient (Wildman–Crippen LogP) is 3.65. The van der Waals surface area contributed by atoms with E-state index in [9.17, 15) is 0 Å². The third-order valence-corrected chi connectivity index (χ3v) is 4.05. The maximum absolute atomic E-state index is 4.27. The maximum Gasteiger partial charge on any atom is 0.156 e. The summed E-state index contributed by atoms with van der Waals surface area (Å²) in [6, 6.07) is 12.5. The van der Waals surface area contributed by atoms with Crippen LogP contribution in [0.2, 0.25) is 0 Å². The van der Waals surface area contributed by atoms with Gasteiger partial charge in [-0.1, -0.05) is 30.3 Å². The summed E-state index contributed by atoms with van der Waals surface area (Å²) in [4.78, 5) is 1.39. The molecule has 0 aliphatic carbocycles. The Labute approximate surface area is 116 Å². The molecule has 19 heavy (non-hydrogen) atoms. The fourth-order valence-electron chi connectivity index (χ4n) is 2.13. The number of hydrogen-bond acceptors (Lipinski definition) is 4. The number of fused-ring (bicyclic) bond motifs is 1. The minimum Gasteiger partial charge on any atom is -0.368 e. The Kier molecular flexibility index (Phi) is 3.42. The van der Waals surface area contributed by atoms with E-state index in [1.807, 2.05) is 19.1 Å². The highest BCUT2D eigenvalue weighted by molar-refractivity contribution is 7.09. The number of benzene rings is 1. The molecule has 4 heteroatoms. The SMILES string of the molecule is Cc1nnc(NCCc2cccs2)c2ccccc12. The van der Waals surface area contributed by atoms with Crippen molar-refractivity contribution in [1.82, 2.24) is 10.2 Å². The zero-order valence-corrected chi connectivity index (χ0v) is 11.6. The molecule has 0 unspecified atom stereocenters. The molecule has 0 radical (unpaired) electrons. The first kappa shape index (κ1) is 12.1. The molecule has 3 nitrogen and oxygen atoms in total. The minimum atomic E-state index is 0.873. The van der Waals surface area contributed by atoms with Crippen LogP contribution in [-0.4, -0.2) is 16.7 Å². The van der Waals surface area contributed by atoms with Crippen LogP contribution in [0.4, 0.5) is 5.82 Å². The van der Waals surface area contributed by atoms with Crippen LogP contribution in [0.1, 0.15) is 10.6 Å². The summed E-state index contributed by atoms with van der Waals surface area (Å²) in [6.07, 6.45) is 1.02. The van der Waals surface area contributed by atoms with Gasteiger partial charge in [-0.25, -0.2) is 0 Å². The second kappa shape index (κ2) is 5.36. The van der Waals surface area contributed by atoms with Crippen molar-refractivity contribution < 1.29 is 0 Å². The first-order valence-corrected chi connectivity index (χ1v) is 7.21. The van der Waals surface area contributed by atoms with E-state index in [0.29, 0.717) is 0 Å². The molecule has 0 aliphatic heterocycles. The molecule has 0 saturated heterocycles. The molecule has 1 N–H and O–H groups in total. The quantitative estimate of drug-likeness (QED) is 0.785. The topological polar surface area (TPSA) is 37.8 Å². The highest BCUT2D eigenvalue weighted by Crippen LogP contribution is 2.22. The fourth-order valence-corrected chi connectivity index (χ4v) is 2.84. The average Bonchev–Trinajstić information content (AvgIpc) is 2.95. The highest BCUT2D eigenvalue weighted by atomic mass is 32.1. The van der Waals surface area contributed by atoms with E-state index in [-0.39, 0.29) is 0 Å². The highest BCUT2D eigenvalue weighted by Gasteiger charge is 2.05. The Balaban J connectivity index is 1.79. The van der Waals surface area contributed by atoms with Gasteiger partial charge in [-0.15, -0.1) is 16.4 Å². The van der Waals surface area contributed by atoms with E-state index in [2.05, 4.69) is 45.2 Å². The lowest BCUT2D eigenvalue weighted by Gasteiger charge is -2.08. The maximum atomic E-state index is 4.27. The Hall–Kier alpha value is -1.94. The Morgan fingerprint density at radius 1 is 1.05 bits per heavy atom. The summed E-state index contributed by atoms with van der Waals surface area (Å²) in [5.41, 5.74) is 0.972. The van der Waals surface area contributed by atoms with E-state index >= 15 is 0 Å². The summed E-state index contributed by atoms with van der Waals surface area (Å²) in [5.74, 6) is 0.873. The fraction of sp³-hybridized carbons (Fsp3) is 0.200. The smallest absolute Gasteiger partial charge is 0.156 e. The number of hydrogen-bond donors (Lipinski definition) is 1. The zero-order valence-electron chi connectivity index (χ0n) is 10.8. The van der Waals surface area contributed by atoms with Crippen LogP contribution >= 0.6 is 11.3 Å². The average molecular weight is 269 g/mol. The van der Waals surface area contributed by atoms with Crippen LogP contribution < -0.4 is 5.32 Å². The molecule has 2 aromatic heterocycles. The van der Waals surface area contributed by atoms with E-state index in [1.54, 1.807) is 11.3 Å². The second-order valence-electron chi connectivity index (χ2n) is 4.44. The summed E-state index contributed by atoms with van der Waals surface area (Å²) in [7, 11) is 0. The van der Waals surface area contributed by atoms with Gasteiger partial charge in [-0.2, -0.15) is 5.10 Å². The van der Waals surface area contributed by atoms with Gasteiger partial charge in [0, 0.05) is 22.2 Å². The van der Waals surface area contributed by atoms with Crippen molar-refractivity contribution in [3.8, 4) is 0 Å². The van der Waals surface area contributed by atoms with E-state index in [1.165, 1.54) is 4.88 Å².